The molecule has 2 atom stereocenters. The minimum atomic E-state index is -1.44. The molecule has 0 radical (unpaired) electrons. The van der Waals surface area contributed by atoms with Gasteiger partial charge in [-0.1, -0.05) is 185 Å². The van der Waals surface area contributed by atoms with E-state index < -0.39 is 71.2 Å². The molecule has 8 amide bonds. The predicted molar refractivity (Wildman–Crippen MR) is 449 cm³/mol. The summed E-state index contributed by atoms with van der Waals surface area (Å²) in [7, 11) is 0. The maximum Gasteiger partial charge on any atom is 0.262 e. The Bertz CT molecular complexity index is 5250. The summed E-state index contributed by atoms with van der Waals surface area (Å²) < 4.78 is 30.2. The first-order valence-electron chi connectivity index (χ1n) is 39.0. The minimum absolute atomic E-state index is 0.0111. The molecule has 0 aromatic heterocycles. The Morgan fingerprint density at radius 3 is 0.816 bits per heavy atom. The van der Waals surface area contributed by atoms with Gasteiger partial charge in [-0.15, -0.1) is 0 Å². The van der Waals surface area contributed by atoms with Gasteiger partial charge >= 0.3 is 0 Å². The van der Waals surface area contributed by atoms with Crippen LogP contribution in [0.5, 0.6) is 46.0 Å². The predicted octanol–water partition coefficient (Wildman–Crippen LogP) is 20.5. The lowest BCUT2D eigenvalue weighted by molar-refractivity contribution is -0.126. The van der Waals surface area contributed by atoms with Gasteiger partial charge in [0, 0.05) is 89.9 Å². The van der Waals surface area contributed by atoms with Gasteiger partial charge in [-0.05, 0) is 180 Å². The number of ether oxygens (including phenoxy) is 4. The van der Waals surface area contributed by atoms with Crippen molar-refractivity contribution in [2.75, 3.05) is 0 Å². The van der Waals surface area contributed by atoms with Crippen molar-refractivity contribution >= 4 is 90.3 Å². The topological polar surface area (TPSA) is 228 Å². The van der Waals surface area contributed by atoms with Gasteiger partial charge in [0.15, 0.2) is 0 Å². The van der Waals surface area contributed by atoms with Crippen LogP contribution in [-0.2, 0) is 40.8 Å². The van der Waals surface area contributed by atoms with Crippen LogP contribution in [0.25, 0.3) is 43.1 Å². The molecule has 588 valence electrons. The monoisotopic (exact) mass is 1530 g/mol. The van der Waals surface area contributed by atoms with E-state index >= 15 is 28.8 Å². The molecular weight excluding hydrogens is 1430 g/mol. The fraction of sp³-hybridized carbons (Fsp3) is 0.333. The maximum absolute atomic E-state index is 16.7. The second-order valence-corrected chi connectivity index (χ2v) is 35.9. The van der Waals surface area contributed by atoms with Gasteiger partial charge in [0.05, 0.1) is 22.3 Å². The molecule has 2 aliphatic carbocycles. The molecule has 4 aliphatic rings. The number of nitrogens with zero attached hydrogens (tertiary/aromatic N) is 2. The molecule has 9 aromatic rings. The number of rotatable bonds is 20. The zero-order valence-corrected chi connectivity index (χ0v) is 69.5. The van der Waals surface area contributed by atoms with Crippen molar-refractivity contribution in [1.82, 2.24) is 31.1 Å². The number of nitrogens with one attached hydrogen (secondary N) is 4. The minimum Gasteiger partial charge on any atom is -0.456 e. The van der Waals surface area contributed by atoms with Crippen LogP contribution in [0.2, 0.25) is 0 Å². The van der Waals surface area contributed by atoms with Crippen LogP contribution >= 0.6 is 0 Å². The maximum atomic E-state index is 16.7. The number of fused-ring (bicyclic) bond motifs is 2. The van der Waals surface area contributed by atoms with Crippen LogP contribution in [0.3, 0.4) is 0 Å². The Hall–Kier alpha value is -11.9. The summed E-state index contributed by atoms with van der Waals surface area (Å²) in [6.45, 7) is 50.9. The molecule has 2 aliphatic heterocycles. The van der Waals surface area contributed by atoms with E-state index in [9.17, 15) is 9.59 Å². The highest BCUT2D eigenvalue weighted by molar-refractivity contribution is 6.45. The van der Waals surface area contributed by atoms with E-state index in [0.717, 1.165) is 54.3 Å². The standard InChI is InChI=1S/C96H102N6O12/c1-47(2)83(87(105)99-61-31-29-59(41-61)97-85(103)49(5)6)101-89(107)63-43-71(111-67-33-25-55(37-51(67)9)93(13,14)15)77-79-73(113-69-35-27-57(39-53(69)11)95(19,20)21)45-65-76-66(92(110)102(91(65)109)84(48(3)4)88(106)100-62-32-30-60(42-62)98-86(104)50(7)8)46-74(114-70-36-28-58(40-54(70)12)96(22,23)24)80(82(76)79)78-72(44-64(90(101)108)75(63)81(77)78)112-68-34-26-56(38-52(68)10)94(16,17)18/h25-30,33-48,83-84H,5,7,31-32H2,1-4,6,8-24H3,(H,97,103)(H,98,104)(H,99,105)(H,100,106). The van der Waals surface area contributed by atoms with Gasteiger partial charge in [0.25, 0.3) is 35.4 Å². The van der Waals surface area contributed by atoms with E-state index in [1.54, 1.807) is 90.1 Å². The number of benzene rings is 9. The fourth-order valence-electron chi connectivity index (χ4n) is 15.5. The van der Waals surface area contributed by atoms with E-state index in [1.807, 2.05) is 76.2 Å². The first-order chi connectivity index (χ1) is 53.3. The van der Waals surface area contributed by atoms with Gasteiger partial charge in [0.2, 0.25) is 11.8 Å². The fourth-order valence-corrected chi connectivity index (χ4v) is 15.5. The lowest BCUT2D eigenvalue weighted by atomic mass is 9.80. The molecule has 18 heteroatoms. The molecule has 0 fully saturated rings. The molecule has 4 N–H and O–H groups in total. The van der Waals surface area contributed by atoms with Crippen LogP contribution < -0.4 is 40.2 Å². The molecule has 0 saturated carbocycles. The summed E-state index contributed by atoms with van der Waals surface area (Å²) in [5, 5.41) is 13.6. The zero-order chi connectivity index (χ0) is 82.9. The molecule has 13 rings (SSSR count). The number of hydrogen-bond acceptors (Lipinski definition) is 12. The Balaban J connectivity index is 1.18. The van der Waals surface area contributed by atoms with E-state index in [1.165, 1.54) is 0 Å². The second-order valence-electron chi connectivity index (χ2n) is 35.9. The van der Waals surface area contributed by atoms with Gasteiger partial charge < -0.3 is 40.2 Å². The molecule has 2 unspecified atom stereocenters. The van der Waals surface area contributed by atoms with Crippen molar-refractivity contribution in [3.05, 3.63) is 235 Å². The summed E-state index contributed by atoms with van der Waals surface area (Å²) in [6.07, 6.45) is 7.19. The van der Waals surface area contributed by atoms with Crippen molar-refractivity contribution in [2.24, 2.45) is 11.8 Å². The summed E-state index contributed by atoms with van der Waals surface area (Å²) >= 11 is 0. The second kappa shape index (κ2) is 29.2. The van der Waals surface area contributed by atoms with E-state index in [-0.39, 0.29) is 134 Å². The third-order valence-electron chi connectivity index (χ3n) is 22.0. The van der Waals surface area contributed by atoms with Crippen molar-refractivity contribution in [2.45, 2.75) is 199 Å². The first kappa shape index (κ1) is 80.1. The number of carbonyl (C=O) groups is 8. The number of carbonyl (C=O) groups excluding carboxylic acids is 8. The Labute approximate surface area is 667 Å². The highest BCUT2D eigenvalue weighted by atomic mass is 16.5. The third kappa shape index (κ3) is 14.8. The van der Waals surface area contributed by atoms with Crippen LogP contribution in [0.4, 0.5) is 0 Å². The summed E-state index contributed by atoms with van der Waals surface area (Å²) in [4.78, 5) is 125. The summed E-state index contributed by atoms with van der Waals surface area (Å²) in [6, 6.07) is 27.2. The number of amides is 8. The van der Waals surface area contributed by atoms with Crippen LogP contribution in [0.1, 0.15) is 223 Å². The SMILES string of the molecule is C=C(C)C(=O)NC1=CCC(NC(=O)C(C(C)C)N2C(=O)c3cc(Oc4ccc(C(C)(C)C)cc4C)c4c5c(Oc6ccc(C(C)(C)C)cc6C)cc6c7c(cc(Oc8ccc(C(C)(C)C)cc8C)c(c8c(Oc9ccc(C(C)(C)C)cc9C)cc(c3c48)C2=O)c75)C(=O)N(C(C(=O)NC2=CC(NC(=O)C(=C)C)=CC2)C(C)C)C6=O)=C1. The lowest BCUT2D eigenvalue weighted by Crippen LogP contribution is -2.55. The summed E-state index contributed by atoms with van der Waals surface area (Å²) in [5.74, 6) is -4.90. The Kier molecular flexibility index (Phi) is 20.6. The number of aryl methyl sites for hydroxylation is 4. The van der Waals surface area contributed by atoms with Gasteiger partial charge in [0.1, 0.15) is 58.1 Å². The molecule has 18 nitrogen and oxygen atoms in total. The average Bonchev–Trinajstić information content (AvgIpc) is 0.717. The van der Waals surface area contributed by atoms with Crippen LogP contribution in [0, 0.1) is 39.5 Å². The smallest absolute Gasteiger partial charge is 0.262 e. The number of allylic oxidation sites excluding steroid dienone is 4. The number of imide groups is 2. The lowest BCUT2D eigenvalue weighted by Gasteiger charge is -2.37. The summed E-state index contributed by atoms with van der Waals surface area (Å²) in [5.41, 5.74) is 8.03. The van der Waals surface area contributed by atoms with Crippen molar-refractivity contribution in [3.8, 4) is 46.0 Å². The highest BCUT2D eigenvalue weighted by Crippen LogP contribution is 2.59. The Morgan fingerprint density at radius 1 is 0.360 bits per heavy atom. The van der Waals surface area contributed by atoms with Crippen molar-refractivity contribution in [1.29, 1.82) is 0 Å². The zero-order valence-electron chi connectivity index (χ0n) is 69.5. The average molecular weight is 1530 g/mol. The molecule has 2 heterocycles. The third-order valence-corrected chi connectivity index (χ3v) is 22.0. The van der Waals surface area contributed by atoms with Gasteiger partial charge in [-0.2, -0.15) is 0 Å². The van der Waals surface area contributed by atoms with E-state index in [0.29, 0.717) is 45.8 Å². The molecular formula is C96H102N6O12. The van der Waals surface area contributed by atoms with Crippen LogP contribution in [0.15, 0.2) is 168 Å². The van der Waals surface area contributed by atoms with Gasteiger partial charge in [-0.3, -0.25) is 48.2 Å². The molecule has 0 spiro atoms. The Morgan fingerprint density at radius 2 is 0.605 bits per heavy atom. The van der Waals surface area contributed by atoms with Crippen molar-refractivity contribution < 1.29 is 57.3 Å². The van der Waals surface area contributed by atoms with Crippen LogP contribution in [-0.4, -0.2) is 69.1 Å². The normalized spacial score (nSPS) is 15.1. The van der Waals surface area contributed by atoms with Gasteiger partial charge in [-0.25, -0.2) is 0 Å². The molecule has 0 bridgehead atoms. The van der Waals surface area contributed by atoms with Crippen molar-refractivity contribution in [3.63, 3.8) is 0 Å². The quantitative estimate of drug-likeness (QED) is 0.0242. The highest BCUT2D eigenvalue weighted by Gasteiger charge is 2.48. The first-order valence-corrected chi connectivity index (χ1v) is 39.0. The molecule has 0 saturated heterocycles. The largest absolute Gasteiger partial charge is 0.456 e. The molecule has 9 aromatic carbocycles. The number of hydrogen-bond donors (Lipinski definition) is 4. The molecule has 114 heavy (non-hydrogen) atoms. The van der Waals surface area contributed by atoms with E-state index in [4.69, 9.17) is 18.9 Å². The van der Waals surface area contributed by atoms with E-state index in [2.05, 4.69) is 142 Å².